The van der Waals surface area contributed by atoms with Gasteiger partial charge in [-0.3, -0.25) is 0 Å². The summed E-state index contributed by atoms with van der Waals surface area (Å²) in [7, 11) is 0. The van der Waals surface area contributed by atoms with Gasteiger partial charge >= 0.3 is 152 Å². The Kier molecular flexibility index (Phi) is 14.2. The van der Waals surface area contributed by atoms with Gasteiger partial charge in [0.05, 0.1) is 0 Å². The molecule has 0 N–H and O–H groups in total. The molecule has 22 heteroatoms. The zero-order valence-corrected chi connectivity index (χ0v) is 38.2. The van der Waals surface area contributed by atoms with Gasteiger partial charge in [0.2, 0.25) is 0 Å². The van der Waals surface area contributed by atoms with Crippen molar-refractivity contribution in [1.29, 1.82) is 0 Å². The molecule has 0 nitrogen and oxygen atoms in total. The van der Waals surface area contributed by atoms with Gasteiger partial charge in [0.15, 0.2) is 69.8 Å². The summed E-state index contributed by atoms with van der Waals surface area (Å²) in [5.41, 5.74) is -4.29. The largest absolute Gasteiger partial charge is 0.207 e. The van der Waals surface area contributed by atoms with Gasteiger partial charge in [-0.2, -0.15) is 0 Å². The van der Waals surface area contributed by atoms with Gasteiger partial charge in [-0.25, -0.2) is 87.8 Å². The van der Waals surface area contributed by atoms with E-state index in [1.54, 1.807) is 36.0 Å². The van der Waals surface area contributed by atoms with Crippen LogP contribution in [0.2, 0.25) is 0 Å². The zero-order chi connectivity index (χ0) is 50.7. The maximum Gasteiger partial charge on any atom is 0.200 e. The van der Waals surface area contributed by atoms with E-state index in [1.807, 2.05) is 0 Å². The minimum absolute atomic E-state index is 0.284. The Morgan fingerprint density at radius 1 is 0.258 bits per heavy atom. The Labute approximate surface area is 382 Å². The number of hydrogen-bond donors (Lipinski definition) is 0. The van der Waals surface area contributed by atoms with Crippen LogP contribution in [-0.4, -0.2) is 6.15 Å². The Morgan fingerprint density at radius 3 is 0.545 bits per heavy atom. The molecule has 0 unspecified atom stereocenters. The molecule has 0 saturated carbocycles. The third-order valence-electron chi connectivity index (χ3n) is 12.9. The van der Waals surface area contributed by atoms with Gasteiger partial charge in [-0.15, -0.1) is 21.9 Å². The summed E-state index contributed by atoms with van der Waals surface area (Å²) in [6.45, 7) is 23.7. The normalized spacial score (nSPS) is 16.0. The van der Waals surface area contributed by atoms with Crippen LogP contribution < -0.4 is 21.9 Å². The Balaban J connectivity index is 0.000000324. The van der Waals surface area contributed by atoms with Crippen LogP contribution in [0.4, 0.5) is 87.8 Å². The van der Waals surface area contributed by atoms with E-state index in [2.05, 4.69) is 69.2 Å². The van der Waals surface area contributed by atoms with Crippen LogP contribution in [0.25, 0.3) is 0 Å². The van der Waals surface area contributed by atoms with Crippen LogP contribution in [0.3, 0.4) is 0 Å². The molecule has 0 atom stereocenters. The molecule has 6 rings (SSSR count). The number of rotatable bonds is 6. The van der Waals surface area contributed by atoms with Crippen LogP contribution in [0.1, 0.15) is 69.2 Å². The fraction of sp³-hybridized carbons (Fsp3) is 0.273. The first kappa shape index (κ1) is 52.8. The summed E-state index contributed by atoms with van der Waals surface area (Å²) < 4.78 is 298. The Morgan fingerprint density at radius 2 is 0.409 bits per heavy atom. The average molecular weight is 1100 g/mol. The number of hydrogen-bond acceptors (Lipinski definition) is 0. The molecule has 0 amide bonds. The first-order valence-electron chi connectivity index (χ1n) is 18.8. The first-order valence-corrected chi connectivity index (χ1v) is 21.5. The molecule has 0 aromatic heterocycles. The zero-order valence-electron chi connectivity index (χ0n) is 35.5. The van der Waals surface area contributed by atoms with Crippen molar-refractivity contribution in [3.63, 3.8) is 0 Å². The molecule has 0 aliphatic heterocycles. The second kappa shape index (κ2) is 17.7. The Hall–Kier alpha value is -4.16. The summed E-state index contributed by atoms with van der Waals surface area (Å²) in [4.78, 5) is 0. The van der Waals surface area contributed by atoms with Crippen molar-refractivity contribution in [3.8, 4) is 0 Å². The summed E-state index contributed by atoms with van der Waals surface area (Å²) in [6.07, 6.45) is -7.22. The van der Waals surface area contributed by atoms with Gasteiger partial charge in [0, 0.05) is 0 Å². The maximum atomic E-state index is 15.4. The van der Waals surface area contributed by atoms with E-state index in [0.717, 1.165) is 0 Å². The third-order valence-corrected chi connectivity index (χ3v) is 19.4. The van der Waals surface area contributed by atoms with Crippen LogP contribution in [0.5, 0.6) is 0 Å². The average Bonchev–Trinajstić information content (AvgIpc) is 3.50. The number of halogens is 20. The van der Waals surface area contributed by atoms with Crippen molar-refractivity contribution in [1.82, 2.24) is 0 Å². The SMILES string of the molecule is CC1=C(C)C(C)(C)[C]([Sm+][C]2=C(C)C(C)=C(C)C2(C)C)=C1C.Fc1c(F)c(F)c([B-](c2c(F)c(F)c(F)c(F)c2F)(c2c(F)c(F)c(F)c(F)c2F)c2c(F)c(F)c(F)c(F)c2F)c(F)c1F. The van der Waals surface area contributed by atoms with E-state index in [9.17, 15) is 52.7 Å². The molecule has 0 bridgehead atoms. The minimum Gasteiger partial charge on any atom is -0.207 e. The molecule has 0 saturated heterocycles. The molecule has 0 heterocycles. The van der Waals surface area contributed by atoms with E-state index < -0.39 is 181 Å². The molecule has 66 heavy (non-hydrogen) atoms. The second-order valence-corrected chi connectivity index (χ2v) is 19.8. The van der Waals surface area contributed by atoms with Crippen molar-refractivity contribution in [3.05, 3.63) is 152 Å². The summed E-state index contributed by atoms with van der Waals surface area (Å²) in [5.74, 6) is -71.4. The van der Waals surface area contributed by atoms with Crippen molar-refractivity contribution in [2.24, 2.45) is 10.8 Å². The van der Waals surface area contributed by atoms with Crippen LogP contribution in [0.15, 0.2) is 36.0 Å². The van der Waals surface area contributed by atoms with Gasteiger partial charge in [-0.05, 0) is 0 Å². The van der Waals surface area contributed by atoms with E-state index in [4.69, 9.17) is 0 Å². The maximum absolute atomic E-state index is 15.4. The van der Waals surface area contributed by atoms with Crippen LogP contribution >= 0.6 is 0 Å². The van der Waals surface area contributed by atoms with Crippen LogP contribution in [-0.2, 0) is 0 Å². The van der Waals surface area contributed by atoms with Gasteiger partial charge < -0.3 is 0 Å². The smallest absolute Gasteiger partial charge is 0.200 e. The fourth-order valence-corrected chi connectivity index (χ4v) is 13.7. The van der Waals surface area contributed by atoms with Crippen molar-refractivity contribution in [2.75, 3.05) is 0 Å². The third kappa shape index (κ3) is 7.36. The molecule has 2 aliphatic rings. The molecular weight excluding hydrogens is 1070 g/mol. The van der Waals surface area contributed by atoms with Crippen molar-refractivity contribution < 1.29 is 124 Å². The molecule has 0 radical (unpaired) electrons. The molecule has 2 aliphatic carbocycles. The standard InChI is InChI=1S/C24BF20.2C10H15.Sm/c26-5-1(6(27)14(35)21(42)13(5)34)25(2-7(28)15(36)22(43)16(37)8(2)29,3-9(30)17(38)23(44)18(39)10(3)31)4-11(32)19(40)24(45)20(41)12(4)33;2*1-7-6-10(4,5)9(3)8(7)2;/h;2*1-5H3;/q-1;;;+1. The van der Waals surface area contributed by atoms with Crippen molar-refractivity contribution in [2.45, 2.75) is 69.2 Å². The second-order valence-electron chi connectivity index (χ2n) is 16.6. The summed E-state index contributed by atoms with van der Waals surface area (Å²) in [5, 5.41) is 0. The quantitative estimate of drug-likeness (QED) is 0.0781. The molecule has 355 valence electrons. The van der Waals surface area contributed by atoms with E-state index >= 15 is 35.1 Å². The molecule has 0 spiro atoms. The minimum atomic E-state index is -7.22. The Bertz CT molecular complexity index is 2500. The predicted octanol–water partition coefficient (Wildman–Crippen LogP) is 12.2. The van der Waals surface area contributed by atoms with E-state index in [-0.39, 0.29) is 10.8 Å². The van der Waals surface area contributed by atoms with E-state index in [0.29, 0.717) is 0 Å². The molecule has 0 fully saturated rings. The molecule has 4 aromatic rings. The topological polar surface area (TPSA) is 0 Å². The van der Waals surface area contributed by atoms with Gasteiger partial charge in [-0.1, -0.05) is 0 Å². The van der Waals surface area contributed by atoms with Crippen LogP contribution in [0, 0.1) is 163 Å². The van der Waals surface area contributed by atoms with Crippen molar-refractivity contribution >= 4 is 28.0 Å². The first-order chi connectivity index (χ1) is 30.1. The summed E-state index contributed by atoms with van der Waals surface area (Å²) >= 11 is -0.694. The summed E-state index contributed by atoms with van der Waals surface area (Å²) in [6, 6.07) is 0. The monoisotopic (exact) mass is 1100 g/mol. The van der Waals surface area contributed by atoms with E-state index in [1.165, 1.54) is 0 Å². The predicted molar refractivity (Wildman–Crippen MR) is 199 cm³/mol. The molecule has 4 aromatic carbocycles. The van der Waals surface area contributed by atoms with Gasteiger partial charge in [0.25, 0.3) is 0 Å². The fourth-order valence-electron chi connectivity index (χ4n) is 8.50. The molecular formula is C44H30BF20Sm. The number of benzene rings is 4. The van der Waals surface area contributed by atoms with Gasteiger partial charge in [0.1, 0.15) is 52.7 Å². The number of allylic oxidation sites excluding steroid dienone is 8.